The summed E-state index contributed by atoms with van der Waals surface area (Å²) in [6.07, 6.45) is 3.21. The normalized spacial score (nSPS) is 21.8. The van der Waals surface area contributed by atoms with Crippen LogP contribution in [-0.4, -0.2) is 30.3 Å². The predicted octanol–water partition coefficient (Wildman–Crippen LogP) is 3.57. The lowest BCUT2D eigenvalue weighted by molar-refractivity contribution is 0.193. The summed E-state index contributed by atoms with van der Waals surface area (Å²) < 4.78 is 29.2. The minimum Gasteiger partial charge on any atom is -0.461 e. The molecule has 2 atom stereocenters. The summed E-state index contributed by atoms with van der Waals surface area (Å²) in [5, 5.41) is 3.10. The van der Waals surface area contributed by atoms with Gasteiger partial charge in [-0.1, -0.05) is 36.4 Å². The maximum Gasteiger partial charge on any atom is 0.356 e. The molecular formula is C15H20NO4PS. The van der Waals surface area contributed by atoms with Gasteiger partial charge in [-0.2, -0.15) is 0 Å². The van der Waals surface area contributed by atoms with Crippen molar-refractivity contribution >= 4 is 31.1 Å². The Morgan fingerprint density at radius 2 is 1.91 bits per heavy atom. The first kappa shape index (κ1) is 17.2. The van der Waals surface area contributed by atoms with Gasteiger partial charge in [0.05, 0.1) is 13.2 Å². The fourth-order valence-corrected chi connectivity index (χ4v) is 4.39. The van der Waals surface area contributed by atoms with Gasteiger partial charge in [0.25, 0.3) is 5.17 Å². The van der Waals surface area contributed by atoms with E-state index < -0.39 is 19.5 Å². The second kappa shape index (κ2) is 7.88. The zero-order valence-corrected chi connectivity index (χ0v) is 14.3. The van der Waals surface area contributed by atoms with Crippen LogP contribution in [0.2, 0.25) is 0 Å². The summed E-state index contributed by atoms with van der Waals surface area (Å²) in [5.41, 5.74) is 1.02. The van der Waals surface area contributed by atoms with Crippen LogP contribution in [0.1, 0.15) is 19.4 Å². The van der Waals surface area contributed by atoms with Gasteiger partial charge in [-0.15, -0.1) is 0 Å². The van der Waals surface area contributed by atoms with E-state index in [2.05, 4.69) is 5.32 Å². The number of benzene rings is 1. The van der Waals surface area contributed by atoms with E-state index in [9.17, 15) is 4.57 Å². The molecule has 7 heteroatoms. The van der Waals surface area contributed by atoms with Crippen molar-refractivity contribution in [2.45, 2.75) is 25.7 Å². The highest BCUT2D eigenvalue weighted by Gasteiger charge is 2.46. The lowest BCUT2D eigenvalue weighted by Crippen LogP contribution is -2.32. The fourth-order valence-electron chi connectivity index (χ4n) is 2.16. The number of ether oxygens (including phenoxy) is 1. The molecule has 0 unspecified atom stereocenters. The minimum absolute atomic E-state index is 0.201. The molecule has 1 saturated heterocycles. The van der Waals surface area contributed by atoms with E-state index in [0.29, 0.717) is 0 Å². The second-order valence-corrected chi connectivity index (χ2v) is 7.13. The number of thiocarbonyl (C=S) groups is 1. The highest BCUT2D eigenvalue weighted by Crippen LogP contribution is 2.54. The Bertz CT molecular complexity index is 568. The van der Waals surface area contributed by atoms with Crippen molar-refractivity contribution in [1.29, 1.82) is 0 Å². The van der Waals surface area contributed by atoms with Crippen LogP contribution in [0, 0.1) is 0 Å². The summed E-state index contributed by atoms with van der Waals surface area (Å²) in [5.74, 6) is -0.639. The highest BCUT2D eigenvalue weighted by atomic mass is 32.1. The van der Waals surface area contributed by atoms with Crippen LogP contribution in [0.3, 0.4) is 0 Å². The van der Waals surface area contributed by atoms with Gasteiger partial charge in [-0.3, -0.25) is 4.57 Å². The molecule has 0 spiro atoms. The van der Waals surface area contributed by atoms with Crippen LogP contribution in [0.25, 0.3) is 6.08 Å². The molecule has 2 rings (SSSR count). The molecule has 0 amide bonds. The van der Waals surface area contributed by atoms with Crippen LogP contribution in [0.5, 0.6) is 0 Å². The van der Waals surface area contributed by atoms with Crippen molar-refractivity contribution in [3.05, 3.63) is 42.0 Å². The van der Waals surface area contributed by atoms with Gasteiger partial charge in [0, 0.05) is 0 Å². The van der Waals surface area contributed by atoms with E-state index in [-0.39, 0.29) is 18.4 Å². The van der Waals surface area contributed by atoms with Crippen LogP contribution in [-0.2, 0) is 18.3 Å². The van der Waals surface area contributed by atoms with Gasteiger partial charge in [0.2, 0.25) is 0 Å². The Kier molecular flexibility index (Phi) is 6.15. The van der Waals surface area contributed by atoms with Crippen molar-refractivity contribution in [2.75, 3.05) is 13.2 Å². The Morgan fingerprint density at radius 1 is 1.27 bits per heavy atom. The molecule has 22 heavy (non-hydrogen) atoms. The average molecular weight is 341 g/mol. The standard InChI is InChI=1S/C15H20NO4PS/c1-3-18-21(17,19-4-2)14-13(20-15(22)16-14)11-10-12-8-6-5-7-9-12/h5-11,13-14H,3-4H2,1-2H3,(H,16,22)/b11-10+/t13-,14-/m1/s1. The van der Waals surface area contributed by atoms with Gasteiger partial charge in [0.1, 0.15) is 0 Å². The molecule has 120 valence electrons. The first-order valence-electron chi connectivity index (χ1n) is 7.18. The van der Waals surface area contributed by atoms with Crippen LogP contribution in [0.15, 0.2) is 36.4 Å². The Labute approximate surface area is 136 Å². The fraction of sp³-hybridized carbons (Fsp3) is 0.400. The SMILES string of the molecule is CCOP(=O)(OCC)[C@H]1NC(=S)O[C@@H]1/C=C/c1ccccc1. The molecule has 0 saturated carbocycles. The topological polar surface area (TPSA) is 56.8 Å². The molecule has 1 heterocycles. The third-order valence-electron chi connectivity index (χ3n) is 3.06. The Hall–Kier alpha value is -1.20. The van der Waals surface area contributed by atoms with Gasteiger partial charge >= 0.3 is 7.60 Å². The summed E-state index contributed by atoms with van der Waals surface area (Å²) in [4.78, 5) is 0. The molecule has 0 radical (unpaired) electrons. The molecule has 1 N–H and O–H groups in total. The Morgan fingerprint density at radius 3 is 2.50 bits per heavy atom. The van der Waals surface area contributed by atoms with Crippen molar-refractivity contribution in [1.82, 2.24) is 5.32 Å². The molecule has 1 fully saturated rings. The second-order valence-electron chi connectivity index (χ2n) is 4.60. The van der Waals surface area contributed by atoms with E-state index >= 15 is 0 Å². The van der Waals surface area contributed by atoms with Crippen molar-refractivity contribution in [3.8, 4) is 0 Å². The molecule has 5 nitrogen and oxygen atoms in total. The molecule has 1 aliphatic heterocycles. The first-order chi connectivity index (χ1) is 10.6. The smallest absolute Gasteiger partial charge is 0.356 e. The molecule has 1 aliphatic rings. The summed E-state index contributed by atoms with van der Waals surface area (Å²) in [6, 6.07) is 9.77. The lowest BCUT2D eigenvalue weighted by atomic mass is 10.2. The number of hydrogen-bond acceptors (Lipinski definition) is 5. The van der Waals surface area contributed by atoms with E-state index in [1.54, 1.807) is 13.8 Å². The van der Waals surface area contributed by atoms with Gasteiger partial charge < -0.3 is 19.1 Å². The first-order valence-corrected chi connectivity index (χ1v) is 9.20. The average Bonchev–Trinajstić information content (AvgIpc) is 2.88. The summed E-state index contributed by atoms with van der Waals surface area (Å²) in [6.45, 7) is 4.12. The highest BCUT2D eigenvalue weighted by molar-refractivity contribution is 7.80. The third-order valence-corrected chi connectivity index (χ3v) is 5.61. The number of hydrogen-bond donors (Lipinski definition) is 1. The van der Waals surface area contributed by atoms with Gasteiger partial charge in [0.15, 0.2) is 11.9 Å². The third kappa shape index (κ3) is 4.17. The summed E-state index contributed by atoms with van der Waals surface area (Å²) in [7, 11) is -3.36. The monoisotopic (exact) mass is 341 g/mol. The Balaban J connectivity index is 2.19. The zero-order valence-electron chi connectivity index (χ0n) is 12.6. The number of nitrogens with one attached hydrogen (secondary N) is 1. The quantitative estimate of drug-likeness (QED) is 0.604. The van der Waals surface area contributed by atoms with E-state index in [4.69, 9.17) is 26.0 Å². The molecular weight excluding hydrogens is 321 g/mol. The predicted molar refractivity (Wildman–Crippen MR) is 90.7 cm³/mol. The van der Waals surface area contributed by atoms with Gasteiger partial charge in [-0.25, -0.2) is 0 Å². The summed E-state index contributed by atoms with van der Waals surface area (Å²) >= 11 is 5.04. The lowest BCUT2D eigenvalue weighted by Gasteiger charge is -2.24. The maximum atomic E-state index is 12.9. The molecule has 1 aromatic carbocycles. The van der Waals surface area contributed by atoms with Crippen LogP contribution >= 0.6 is 19.8 Å². The minimum atomic E-state index is -3.36. The number of rotatable bonds is 7. The molecule has 0 aliphatic carbocycles. The molecule has 0 aromatic heterocycles. The molecule has 1 aromatic rings. The van der Waals surface area contributed by atoms with Gasteiger partial charge in [-0.05, 0) is 37.7 Å². The van der Waals surface area contributed by atoms with E-state index in [1.807, 2.05) is 42.5 Å². The van der Waals surface area contributed by atoms with Crippen molar-refractivity contribution < 1.29 is 18.3 Å². The van der Waals surface area contributed by atoms with E-state index in [0.717, 1.165) is 5.56 Å². The molecule has 0 bridgehead atoms. The van der Waals surface area contributed by atoms with Crippen molar-refractivity contribution in [2.24, 2.45) is 0 Å². The van der Waals surface area contributed by atoms with Crippen LogP contribution < -0.4 is 5.32 Å². The van der Waals surface area contributed by atoms with Crippen molar-refractivity contribution in [3.63, 3.8) is 0 Å². The van der Waals surface area contributed by atoms with E-state index in [1.165, 1.54) is 0 Å². The van der Waals surface area contributed by atoms with Crippen LogP contribution in [0.4, 0.5) is 0 Å². The zero-order chi connectivity index (χ0) is 16.0. The largest absolute Gasteiger partial charge is 0.461 e. The maximum absolute atomic E-state index is 12.9.